The lowest BCUT2D eigenvalue weighted by Gasteiger charge is -2.20. The molecule has 0 aliphatic rings. The topological polar surface area (TPSA) is 25.2 Å². The molecular formula is C12H10ClF4NOS. The van der Waals surface area contributed by atoms with Gasteiger partial charge in [-0.3, -0.25) is 5.32 Å². The molecule has 2 aromatic rings. The van der Waals surface area contributed by atoms with E-state index in [1.54, 1.807) is 24.3 Å². The lowest BCUT2D eigenvalue weighted by molar-refractivity contribution is -0.126. The van der Waals surface area contributed by atoms with Crippen LogP contribution in [0.25, 0.3) is 0 Å². The van der Waals surface area contributed by atoms with Crippen molar-refractivity contribution >= 4 is 22.9 Å². The van der Waals surface area contributed by atoms with Crippen molar-refractivity contribution in [2.24, 2.45) is 0 Å². The van der Waals surface area contributed by atoms with Crippen molar-refractivity contribution in [3.05, 3.63) is 45.5 Å². The van der Waals surface area contributed by atoms with Crippen molar-refractivity contribution in [3.8, 4) is 0 Å². The van der Waals surface area contributed by atoms with E-state index in [4.69, 9.17) is 16.0 Å². The molecule has 0 aliphatic heterocycles. The predicted octanol–water partition coefficient (Wildman–Crippen LogP) is 4.57. The molecule has 2 rings (SSSR count). The lowest BCUT2D eigenvalue weighted by atomic mass is 10.1. The van der Waals surface area contributed by atoms with Crippen LogP contribution in [0.2, 0.25) is 4.34 Å². The molecular weight excluding hydrogens is 318 g/mol. The van der Waals surface area contributed by atoms with Gasteiger partial charge in [-0.15, -0.1) is 11.3 Å². The van der Waals surface area contributed by atoms with E-state index < -0.39 is 24.9 Å². The second kappa shape index (κ2) is 6.15. The van der Waals surface area contributed by atoms with Crippen molar-refractivity contribution in [2.75, 3.05) is 6.54 Å². The number of hydrogen-bond acceptors (Lipinski definition) is 3. The highest BCUT2D eigenvalue weighted by molar-refractivity contribution is 7.16. The highest BCUT2D eigenvalue weighted by Crippen LogP contribution is 2.32. The zero-order valence-corrected chi connectivity index (χ0v) is 11.5. The average molecular weight is 328 g/mol. The third-order valence-electron chi connectivity index (χ3n) is 2.57. The van der Waals surface area contributed by atoms with Gasteiger partial charge >= 0.3 is 12.3 Å². The fraction of sp³-hybridized carbons (Fsp3) is 0.333. The van der Waals surface area contributed by atoms with Crippen molar-refractivity contribution in [3.63, 3.8) is 0 Å². The Hall–Kier alpha value is -1.05. The Bertz CT molecular complexity index is 543. The van der Waals surface area contributed by atoms with Crippen LogP contribution in [-0.2, 0) is 0 Å². The van der Waals surface area contributed by atoms with Gasteiger partial charge in [0.2, 0.25) is 0 Å². The van der Waals surface area contributed by atoms with Gasteiger partial charge in [0.1, 0.15) is 11.8 Å². The van der Waals surface area contributed by atoms with E-state index in [0.717, 1.165) is 11.3 Å². The number of hydrogen-bond donors (Lipinski definition) is 1. The van der Waals surface area contributed by atoms with Crippen LogP contribution in [0, 0.1) is 0 Å². The van der Waals surface area contributed by atoms with Crippen molar-refractivity contribution < 1.29 is 22.0 Å². The molecule has 20 heavy (non-hydrogen) atoms. The van der Waals surface area contributed by atoms with Crippen LogP contribution in [0.1, 0.15) is 16.7 Å². The lowest BCUT2D eigenvalue weighted by Crippen LogP contribution is -2.40. The molecule has 0 aromatic carbocycles. The van der Waals surface area contributed by atoms with Crippen LogP contribution in [0.5, 0.6) is 0 Å². The summed E-state index contributed by atoms with van der Waals surface area (Å²) in [5, 5.41) is 2.40. The molecule has 0 saturated heterocycles. The summed E-state index contributed by atoms with van der Waals surface area (Å²) in [5.74, 6) is -3.75. The molecule has 1 N–H and O–H groups in total. The van der Waals surface area contributed by atoms with Gasteiger partial charge in [0.05, 0.1) is 17.1 Å². The summed E-state index contributed by atoms with van der Waals surface area (Å²) < 4.78 is 56.0. The minimum atomic E-state index is -4.11. The highest BCUT2D eigenvalue weighted by Gasteiger charge is 2.41. The Balaban J connectivity index is 2.17. The Morgan fingerprint density at radius 3 is 2.55 bits per heavy atom. The van der Waals surface area contributed by atoms with Gasteiger partial charge in [0.25, 0.3) is 0 Å². The molecule has 110 valence electrons. The quantitative estimate of drug-likeness (QED) is 0.786. The van der Waals surface area contributed by atoms with E-state index in [2.05, 4.69) is 5.32 Å². The summed E-state index contributed by atoms with van der Waals surface area (Å²) in [6, 6.07) is 5.65. The smallest absolute Gasteiger partial charge is 0.319 e. The molecule has 2 heterocycles. The summed E-state index contributed by atoms with van der Waals surface area (Å²) in [6.07, 6.45) is -2.34. The number of thiophene rings is 1. The first-order chi connectivity index (χ1) is 9.40. The van der Waals surface area contributed by atoms with E-state index in [9.17, 15) is 17.6 Å². The zero-order valence-electron chi connectivity index (χ0n) is 9.95. The fourth-order valence-corrected chi connectivity index (χ4v) is 2.74. The van der Waals surface area contributed by atoms with Gasteiger partial charge in [-0.05, 0) is 24.3 Å². The second-order valence-corrected chi connectivity index (χ2v) is 5.78. The summed E-state index contributed by atoms with van der Waals surface area (Å²) in [5.41, 5.74) is 0. The summed E-state index contributed by atoms with van der Waals surface area (Å²) in [6.45, 7) is -1.16. The molecule has 1 atom stereocenters. The van der Waals surface area contributed by atoms with Gasteiger partial charge < -0.3 is 4.42 Å². The van der Waals surface area contributed by atoms with E-state index >= 15 is 0 Å². The van der Waals surface area contributed by atoms with Gasteiger partial charge in [-0.2, -0.15) is 8.78 Å². The maximum absolute atomic E-state index is 13.0. The largest absolute Gasteiger partial charge is 0.467 e. The van der Waals surface area contributed by atoms with Crippen LogP contribution in [-0.4, -0.2) is 18.9 Å². The molecule has 0 fully saturated rings. The Labute approximate surface area is 121 Å². The number of halogens is 5. The molecule has 1 unspecified atom stereocenters. The van der Waals surface area contributed by atoms with Crippen LogP contribution in [0.4, 0.5) is 17.6 Å². The fourth-order valence-electron chi connectivity index (χ4n) is 1.60. The van der Waals surface area contributed by atoms with Gasteiger partial charge in [0, 0.05) is 4.88 Å². The molecule has 0 spiro atoms. The maximum Gasteiger partial charge on any atom is 0.319 e. The van der Waals surface area contributed by atoms with Crippen molar-refractivity contribution in [1.82, 2.24) is 5.32 Å². The maximum atomic E-state index is 13.0. The normalized spacial score (nSPS) is 13.9. The first kappa shape index (κ1) is 15.3. The standard InChI is InChI=1S/C12H10ClF4NOS/c13-9-4-3-8(20-9)10(7-2-1-5-19-7)18-6-12(16,17)11(14)15/h1-5,10-11,18H,6H2. The molecule has 2 aromatic heterocycles. The van der Waals surface area contributed by atoms with E-state index in [1.165, 1.54) is 6.26 Å². The first-order valence-electron chi connectivity index (χ1n) is 5.58. The molecule has 2 nitrogen and oxygen atoms in total. The molecule has 8 heteroatoms. The number of furan rings is 1. The zero-order chi connectivity index (χ0) is 14.8. The van der Waals surface area contributed by atoms with Crippen LogP contribution in [0.3, 0.4) is 0 Å². The summed E-state index contributed by atoms with van der Waals surface area (Å²) in [4.78, 5) is 0.606. The minimum absolute atomic E-state index is 0.355. The van der Waals surface area contributed by atoms with Gasteiger partial charge in [-0.25, -0.2) is 8.78 Å². The van der Waals surface area contributed by atoms with Crippen molar-refractivity contribution in [1.29, 1.82) is 0 Å². The third kappa shape index (κ3) is 3.53. The van der Waals surface area contributed by atoms with Crippen molar-refractivity contribution in [2.45, 2.75) is 18.4 Å². The van der Waals surface area contributed by atoms with E-state index in [1.807, 2.05) is 0 Å². The van der Waals surface area contributed by atoms with Crippen LogP contribution >= 0.6 is 22.9 Å². The molecule has 0 saturated carbocycles. The predicted molar refractivity (Wildman–Crippen MR) is 68.8 cm³/mol. The second-order valence-electron chi connectivity index (χ2n) is 4.03. The highest BCUT2D eigenvalue weighted by atomic mass is 35.5. The van der Waals surface area contributed by atoms with Gasteiger partial charge in [0.15, 0.2) is 0 Å². The van der Waals surface area contributed by atoms with Gasteiger partial charge in [-0.1, -0.05) is 11.6 Å². The molecule has 0 radical (unpaired) electrons. The number of rotatable bonds is 6. The van der Waals surface area contributed by atoms with Crippen LogP contribution < -0.4 is 5.32 Å². The molecule has 0 amide bonds. The summed E-state index contributed by atoms with van der Waals surface area (Å²) >= 11 is 6.96. The SMILES string of the molecule is FC(F)C(F)(F)CNC(c1ccco1)c1ccc(Cl)s1. The Morgan fingerprint density at radius 2 is 2.05 bits per heavy atom. The van der Waals surface area contributed by atoms with Crippen LogP contribution in [0.15, 0.2) is 34.9 Å². The van der Waals surface area contributed by atoms with E-state index in [-0.39, 0.29) is 0 Å². The average Bonchev–Trinajstić information content (AvgIpc) is 3.01. The Kier molecular flexibility index (Phi) is 4.72. The number of alkyl halides is 4. The first-order valence-corrected chi connectivity index (χ1v) is 6.77. The number of nitrogens with one attached hydrogen (secondary N) is 1. The molecule has 0 aliphatic carbocycles. The monoisotopic (exact) mass is 327 g/mol. The minimum Gasteiger partial charge on any atom is -0.467 e. The molecule has 0 bridgehead atoms. The Morgan fingerprint density at radius 1 is 1.30 bits per heavy atom. The summed E-state index contributed by atoms with van der Waals surface area (Å²) in [7, 11) is 0. The van der Waals surface area contributed by atoms with E-state index in [0.29, 0.717) is 15.0 Å². The third-order valence-corrected chi connectivity index (χ3v) is 3.86.